The molecule has 0 unspecified atom stereocenters. The molecule has 0 fully saturated rings. The lowest BCUT2D eigenvalue weighted by molar-refractivity contribution is 1.16. The summed E-state index contributed by atoms with van der Waals surface area (Å²) in [6.07, 6.45) is 0. The Morgan fingerprint density at radius 3 is 0.600 bits per heavy atom. The first-order valence-corrected chi connectivity index (χ1v) is 53.1. The molecular weight excluding hydrogens is 1810 g/mol. The zero-order valence-electron chi connectivity index (χ0n) is 87.9. The van der Waals surface area contributed by atoms with Crippen LogP contribution in [-0.4, -0.2) is 22.6 Å². The lowest BCUT2D eigenvalue weighted by atomic mass is 9.30. The molecule has 8 heteroatoms. The van der Waals surface area contributed by atoms with Gasteiger partial charge in [0.2, 0.25) is 0 Å². The molecule has 23 aromatic rings. The lowest BCUT2D eigenvalue weighted by Gasteiger charge is -2.47. The molecule has 0 saturated carbocycles. The Morgan fingerprint density at radius 2 is 0.347 bits per heavy atom. The van der Waals surface area contributed by atoms with Crippen LogP contribution in [0.15, 0.2) is 400 Å². The summed E-state index contributed by atoms with van der Waals surface area (Å²) in [5.41, 5.74) is 66.5. The fraction of sp³-hybridized carbons (Fsp3) is 0.113. The molecule has 0 saturated heterocycles. The maximum Gasteiger partial charge on any atom is 0.252 e. The molecule has 4 aliphatic rings. The highest BCUT2D eigenvalue weighted by Gasteiger charge is 2.50. The third-order valence-corrected chi connectivity index (χ3v) is 33.7. The molecule has 27 rings (SSSR count). The van der Waals surface area contributed by atoms with Crippen LogP contribution in [0.25, 0.3) is 144 Å². The van der Waals surface area contributed by atoms with Crippen molar-refractivity contribution in [1.29, 1.82) is 0 Å². The number of para-hydroxylation sites is 2. The number of rotatable bonds is 14. The molecule has 4 aliphatic heterocycles. The van der Waals surface area contributed by atoms with Gasteiger partial charge in [-0.1, -0.05) is 261 Å². The largest absolute Gasteiger partial charge is 0.311 e. The van der Waals surface area contributed by atoms with Crippen molar-refractivity contribution in [3.8, 4) is 100 Å². The number of aromatic nitrogens is 2. The van der Waals surface area contributed by atoms with Crippen LogP contribution in [0, 0.1) is 111 Å². The van der Waals surface area contributed by atoms with Crippen molar-refractivity contribution in [2.75, 3.05) is 19.6 Å². The highest BCUT2D eigenvalue weighted by atomic mass is 15.2. The van der Waals surface area contributed by atoms with E-state index in [9.17, 15) is 0 Å². The third kappa shape index (κ3) is 14.2. The Morgan fingerprint density at radius 1 is 0.140 bits per heavy atom. The number of hydrogen-bond donors (Lipinski definition) is 0. The number of hydrogen-bond acceptors (Lipinski definition) is 4. The SMILES string of the molecule is Cc1cccc(C)c1-c1cccc(N2c3cc(-c4c(C)cccc4C)ccc3B3c4cc5c(cc4N(c4ccccc4)c4cc(-n6c7ccc(-c8c(C)cccc8C)cc7c7cc(-c8c(C)cccc8C)ccc76)cc2c43)N(c2ccccc2)c2cc(-n3c4ccc(-c6c(C)cccc6C)cc4c4cc(-c6c(C)cccc6C)ccc43)cc3c2B5c2ccc(-c4c(C)cccc4C)cc2N3c2cccc(-c3c(C)cccc3C)c2)c1. The van der Waals surface area contributed by atoms with Gasteiger partial charge < -0.3 is 28.7 Å². The summed E-state index contributed by atoms with van der Waals surface area (Å²) in [5, 5.41) is 4.76. The zero-order valence-corrected chi connectivity index (χ0v) is 87.9. The molecule has 0 radical (unpaired) electrons. The summed E-state index contributed by atoms with van der Waals surface area (Å²) in [4.78, 5) is 10.7. The van der Waals surface area contributed by atoms with Crippen molar-refractivity contribution in [2.45, 2.75) is 111 Å². The van der Waals surface area contributed by atoms with E-state index in [2.05, 4.69) is 540 Å². The first kappa shape index (κ1) is 91.2. The molecule has 0 aliphatic carbocycles. The van der Waals surface area contributed by atoms with Crippen LogP contribution in [0.1, 0.15) is 89.0 Å². The van der Waals surface area contributed by atoms with Crippen LogP contribution in [0.4, 0.5) is 68.2 Å². The van der Waals surface area contributed by atoms with E-state index >= 15 is 0 Å². The topological polar surface area (TPSA) is 22.8 Å². The molecule has 0 bridgehead atoms. The predicted octanol–water partition coefficient (Wildman–Crippen LogP) is 34.3. The summed E-state index contributed by atoms with van der Waals surface area (Å²) in [5.74, 6) is 0. The van der Waals surface area contributed by atoms with Crippen LogP contribution < -0.4 is 52.4 Å². The number of aryl methyl sites for hydroxylation is 16. The van der Waals surface area contributed by atoms with E-state index in [1.165, 1.54) is 232 Å². The van der Waals surface area contributed by atoms with Gasteiger partial charge in [0.1, 0.15) is 0 Å². The summed E-state index contributed by atoms with van der Waals surface area (Å²) in [6.45, 7) is 35.7. The van der Waals surface area contributed by atoms with E-state index in [4.69, 9.17) is 0 Å². The van der Waals surface area contributed by atoms with Crippen molar-refractivity contribution in [1.82, 2.24) is 9.13 Å². The normalized spacial score (nSPS) is 12.7. The fourth-order valence-corrected chi connectivity index (χ4v) is 27.3. The zero-order chi connectivity index (χ0) is 102. The Kier molecular flexibility index (Phi) is 21.4. The fourth-order valence-electron chi connectivity index (χ4n) is 27.3. The highest BCUT2D eigenvalue weighted by Crippen LogP contribution is 2.55. The average molecular weight is 1930 g/mol. The monoisotopic (exact) mass is 1920 g/mol. The standard InChI is InChI=1S/C142H114B2N6/c1-83-33-23-34-84(2)133(83)99-49-31-55-109(69-99)147-125-75-105(139-95(13)45-29-46-96(139)14)57-63-117(125)143-119-81-120-128(82-127(119)145(107-51-19-17-20-52-107)129-77-111(79-131(147)141(129)143)149-121-65-59-101(135-87(5)37-25-38-88(135)6)71-113(121)114-72-102(60-66-122(114)149)136-89(7)39-26-40-90(136)8)146(108-53-21-18-22-54-108)130-78-112(150-123-67-61-103(137-91(9)41-27-42-92(137)10)73-115(123)116-74-104(62-68-124(116)150)138-93(11)43-28-44-94(138)12)80-132-142(130)144(120)118-64-58-106(140-97(15)47-30-48-98(140)16)76-126(118)148(132)110-56-32-50-100(70-110)134-85(3)35-24-36-86(134)4/h17-82H,1-16H3. The Labute approximate surface area is 881 Å². The van der Waals surface area contributed by atoms with Gasteiger partial charge in [-0.3, -0.25) is 0 Å². The molecule has 0 N–H and O–H groups in total. The first-order chi connectivity index (χ1) is 73.0. The molecule has 0 amide bonds. The Bertz CT molecular complexity index is 8780. The third-order valence-electron chi connectivity index (χ3n) is 33.7. The van der Waals surface area contributed by atoms with E-state index in [1.54, 1.807) is 0 Å². The number of nitrogens with zero attached hydrogens (tertiary/aromatic N) is 6. The first-order valence-electron chi connectivity index (χ1n) is 53.1. The summed E-state index contributed by atoms with van der Waals surface area (Å²) < 4.78 is 5.23. The highest BCUT2D eigenvalue weighted by molar-refractivity contribution is 7.03. The minimum atomic E-state index is -0.352. The van der Waals surface area contributed by atoms with Gasteiger partial charge in [-0.15, -0.1) is 0 Å². The van der Waals surface area contributed by atoms with E-state index in [-0.39, 0.29) is 13.4 Å². The van der Waals surface area contributed by atoms with Crippen LogP contribution in [0.3, 0.4) is 0 Å². The molecule has 0 atom stereocenters. The Balaban J connectivity index is 0.790. The van der Waals surface area contributed by atoms with Gasteiger partial charge in [-0.2, -0.15) is 0 Å². The molecule has 21 aromatic carbocycles. The molecule has 150 heavy (non-hydrogen) atoms. The molecule has 718 valence electrons. The van der Waals surface area contributed by atoms with E-state index in [1.807, 2.05) is 0 Å². The molecule has 6 heterocycles. The van der Waals surface area contributed by atoms with Gasteiger partial charge in [-0.25, -0.2) is 0 Å². The second-order valence-corrected chi connectivity index (χ2v) is 43.0. The van der Waals surface area contributed by atoms with Gasteiger partial charge in [-0.05, 0) is 461 Å². The summed E-state index contributed by atoms with van der Waals surface area (Å²) in [7, 11) is 0. The molecule has 2 aromatic heterocycles. The maximum absolute atomic E-state index is 2.73. The van der Waals surface area contributed by atoms with Gasteiger partial charge in [0, 0.05) is 89.8 Å². The van der Waals surface area contributed by atoms with Gasteiger partial charge in [0.15, 0.2) is 0 Å². The quantitative estimate of drug-likeness (QED) is 0.101. The smallest absolute Gasteiger partial charge is 0.252 e. The minimum absolute atomic E-state index is 0.352. The number of anilines is 12. The van der Waals surface area contributed by atoms with Crippen LogP contribution in [0.2, 0.25) is 0 Å². The predicted molar refractivity (Wildman–Crippen MR) is 642 cm³/mol. The van der Waals surface area contributed by atoms with E-state index < -0.39 is 0 Å². The lowest BCUT2D eigenvalue weighted by Crippen LogP contribution is -2.65. The second-order valence-electron chi connectivity index (χ2n) is 43.0. The van der Waals surface area contributed by atoms with Crippen molar-refractivity contribution in [2.24, 2.45) is 0 Å². The second kappa shape index (κ2) is 35.2. The minimum Gasteiger partial charge on any atom is -0.311 e. The average Bonchev–Trinajstić information content (AvgIpc) is 0.723. The molecule has 6 nitrogen and oxygen atoms in total. The Hall–Kier alpha value is -17.5. The number of benzene rings is 21. The summed E-state index contributed by atoms with van der Waals surface area (Å²) >= 11 is 0. The van der Waals surface area contributed by atoms with Gasteiger partial charge in [0.25, 0.3) is 13.4 Å². The van der Waals surface area contributed by atoms with Gasteiger partial charge >= 0.3 is 0 Å². The van der Waals surface area contributed by atoms with Crippen molar-refractivity contribution in [3.63, 3.8) is 0 Å². The van der Waals surface area contributed by atoms with Crippen LogP contribution in [0.5, 0.6) is 0 Å². The molecular formula is C142H114B2N6. The van der Waals surface area contributed by atoms with Crippen molar-refractivity contribution in [3.05, 3.63) is 489 Å². The van der Waals surface area contributed by atoms with Crippen molar-refractivity contribution < 1.29 is 0 Å². The summed E-state index contributed by atoms with van der Waals surface area (Å²) in [6, 6.07) is 156. The maximum atomic E-state index is 2.73. The van der Waals surface area contributed by atoms with Crippen LogP contribution in [-0.2, 0) is 0 Å². The van der Waals surface area contributed by atoms with Crippen LogP contribution >= 0.6 is 0 Å². The number of fused-ring (bicyclic) bond motifs is 14. The van der Waals surface area contributed by atoms with Gasteiger partial charge in [0.05, 0.1) is 33.4 Å². The van der Waals surface area contributed by atoms with E-state index in [0.29, 0.717) is 0 Å². The molecule has 0 spiro atoms. The van der Waals surface area contributed by atoms with E-state index in [0.717, 1.165) is 102 Å². The van der Waals surface area contributed by atoms with Crippen molar-refractivity contribution >= 4 is 158 Å².